The van der Waals surface area contributed by atoms with Crippen molar-refractivity contribution in [3.8, 4) is 11.8 Å². The molecule has 1 fully saturated rings. The van der Waals surface area contributed by atoms with Crippen molar-refractivity contribution in [1.82, 2.24) is 24.4 Å². The first-order valence-electron chi connectivity index (χ1n) is 13.3. The van der Waals surface area contributed by atoms with Crippen LogP contribution in [0, 0.1) is 18.8 Å². The van der Waals surface area contributed by atoms with Crippen LogP contribution in [0.5, 0.6) is 0 Å². The zero-order valence-electron chi connectivity index (χ0n) is 22.9. The second-order valence-electron chi connectivity index (χ2n) is 10.0. The summed E-state index contributed by atoms with van der Waals surface area (Å²) in [6.07, 6.45) is 3.94. The van der Waals surface area contributed by atoms with E-state index in [0.29, 0.717) is 29.0 Å². The van der Waals surface area contributed by atoms with Crippen molar-refractivity contribution in [2.24, 2.45) is 0 Å². The molecule has 39 heavy (non-hydrogen) atoms. The van der Waals surface area contributed by atoms with E-state index in [0.717, 1.165) is 54.9 Å². The van der Waals surface area contributed by atoms with E-state index in [9.17, 15) is 4.79 Å². The van der Waals surface area contributed by atoms with Crippen molar-refractivity contribution >= 4 is 40.2 Å². The van der Waals surface area contributed by atoms with Gasteiger partial charge in [-0.2, -0.15) is 9.97 Å². The number of amides is 1. The van der Waals surface area contributed by atoms with Gasteiger partial charge in [-0.25, -0.2) is 4.98 Å². The van der Waals surface area contributed by atoms with Crippen LogP contribution in [0.4, 0.5) is 23.1 Å². The molecule has 9 nitrogen and oxygen atoms in total. The summed E-state index contributed by atoms with van der Waals surface area (Å²) >= 11 is 0. The number of fused-ring (bicyclic) bond motifs is 1. The first-order valence-corrected chi connectivity index (χ1v) is 13.3. The minimum absolute atomic E-state index is 0.373. The smallest absolute Gasteiger partial charge is 0.300 e. The zero-order valence-corrected chi connectivity index (χ0v) is 22.9. The average Bonchev–Trinajstić information content (AvgIpc) is 3.36. The van der Waals surface area contributed by atoms with Crippen LogP contribution < -0.4 is 15.5 Å². The normalized spacial score (nSPS) is 13.8. The summed E-state index contributed by atoms with van der Waals surface area (Å²) in [6.45, 7) is 6.66. The Morgan fingerprint density at radius 2 is 1.82 bits per heavy atom. The third-order valence-electron chi connectivity index (χ3n) is 7.03. The molecule has 3 heterocycles. The predicted molar refractivity (Wildman–Crippen MR) is 156 cm³/mol. The Bertz CT molecular complexity index is 1520. The van der Waals surface area contributed by atoms with Gasteiger partial charge in [-0.3, -0.25) is 4.79 Å². The highest BCUT2D eigenvalue weighted by atomic mass is 16.1. The van der Waals surface area contributed by atoms with Crippen LogP contribution in [0.1, 0.15) is 30.9 Å². The first kappa shape index (κ1) is 26.2. The number of anilines is 4. The van der Waals surface area contributed by atoms with Crippen molar-refractivity contribution in [2.75, 3.05) is 42.7 Å². The molecule has 1 saturated heterocycles. The van der Waals surface area contributed by atoms with Gasteiger partial charge < -0.3 is 25.0 Å². The molecule has 0 saturated carbocycles. The minimum Gasteiger partial charge on any atom is -0.341 e. The van der Waals surface area contributed by atoms with E-state index in [1.54, 1.807) is 6.33 Å². The van der Waals surface area contributed by atoms with Crippen LogP contribution in [-0.2, 0) is 11.3 Å². The summed E-state index contributed by atoms with van der Waals surface area (Å²) in [7, 11) is 4.27. The maximum Gasteiger partial charge on any atom is 0.300 e. The largest absolute Gasteiger partial charge is 0.341 e. The Hall–Kier alpha value is -4.42. The number of aromatic nitrogens is 4. The van der Waals surface area contributed by atoms with Crippen molar-refractivity contribution in [2.45, 2.75) is 39.3 Å². The molecule has 4 aromatic rings. The number of nitrogens with one attached hydrogen (secondary N) is 2. The van der Waals surface area contributed by atoms with Gasteiger partial charge in [0, 0.05) is 48.5 Å². The Labute approximate surface area is 229 Å². The molecule has 9 heteroatoms. The maximum absolute atomic E-state index is 12.5. The van der Waals surface area contributed by atoms with Gasteiger partial charge >= 0.3 is 5.91 Å². The lowest BCUT2D eigenvalue weighted by Gasteiger charge is -2.35. The number of benzene rings is 2. The van der Waals surface area contributed by atoms with Crippen LogP contribution in [0.3, 0.4) is 0 Å². The molecule has 0 radical (unpaired) electrons. The average molecular weight is 523 g/mol. The topological polar surface area (TPSA) is 91.2 Å². The molecule has 0 spiro atoms. The van der Waals surface area contributed by atoms with Gasteiger partial charge in [-0.05, 0) is 71.1 Å². The van der Waals surface area contributed by atoms with Gasteiger partial charge in [0.05, 0.1) is 6.33 Å². The van der Waals surface area contributed by atoms with Gasteiger partial charge in [-0.1, -0.05) is 29.7 Å². The maximum atomic E-state index is 12.5. The fourth-order valence-electron chi connectivity index (χ4n) is 4.71. The highest BCUT2D eigenvalue weighted by molar-refractivity contribution is 6.04. The van der Waals surface area contributed by atoms with E-state index in [2.05, 4.69) is 58.3 Å². The SMILES string of the molecule is CCn1cnc2c(Nc3cccc(NC(=O)C#Cc4ccc(C)cc4)c3)nc(N3CCC(N(C)C)CC3)nc21. The molecule has 200 valence electrons. The van der Waals surface area contributed by atoms with Crippen molar-refractivity contribution in [3.05, 3.63) is 66.0 Å². The molecule has 5 rings (SSSR count). The van der Waals surface area contributed by atoms with Crippen LogP contribution in [-0.4, -0.2) is 63.6 Å². The fraction of sp³-hybridized carbons (Fsp3) is 0.333. The van der Waals surface area contributed by atoms with E-state index in [1.807, 2.05) is 60.0 Å². The molecule has 1 aliphatic heterocycles. The van der Waals surface area contributed by atoms with E-state index >= 15 is 0 Å². The zero-order chi connectivity index (χ0) is 27.4. The number of piperidine rings is 1. The standard InChI is InChI=1S/C30H34N8O/c1-5-37-20-31-27-28(34-30(35-29(27)37)38-17-15-25(16-18-38)36(3)4)33-24-8-6-7-23(19-24)32-26(39)14-13-22-11-9-21(2)10-12-22/h6-12,19-20,25H,5,15-18H2,1-4H3,(H,32,39)(H,33,34,35). The first-order chi connectivity index (χ1) is 18.9. The van der Waals surface area contributed by atoms with Crippen LogP contribution in [0.25, 0.3) is 11.2 Å². The van der Waals surface area contributed by atoms with Gasteiger partial charge in [0.15, 0.2) is 17.0 Å². The molecule has 0 aliphatic carbocycles. The van der Waals surface area contributed by atoms with Gasteiger partial charge in [0.25, 0.3) is 0 Å². The van der Waals surface area contributed by atoms with Crippen LogP contribution in [0.15, 0.2) is 54.9 Å². The predicted octanol–water partition coefficient (Wildman–Crippen LogP) is 4.42. The monoisotopic (exact) mass is 522 g/mol. The molecule has 2 aromatic carbocycles. The summed E-state index contributed by atoms with van der Waals surface area (Å²) in [5.41, 5.74) is 4.88. The number of nitrogens with zero attached hydrogens (tertiary/aromatic N) is 6. The molecule has 2 aromatic heterocycles. The fourth-order valence-corrected chi connectivity index (χ4v) is 4.71. The lowest BCUT2D eigenvalue weighted by Crippen LogP contribution is -2.42. The van der Waals surface area contributed by atoms with E-state index in [4.69, 9.17) is 9.97 Å². The third kappa shape index (κ3) is 6.19. The van der Waals surface area contributed by atoms with Crippen LogP contribution in [0.2, 0.25) is 0 Å². The molecule has 0 bridgehead atoms. The number of carbonyl (C=O) groups is 1. The number of imidazole rings is 1. The molecule has 1 aliphatic rings. The number of hydrogen-bond donors (Lipinski definition) is 2. The van der Waals surface area contributed by atoms with Gasteiger partial charge in [-0.15, -0.1) is 0 Å². The number of aryl methyl sites for hydroxylation is 2. The summed E-state index contributed by atoms with van der Waals surface area (Å²) in [5.74, 6) is 6.54. The third-order valence-corrected chi connectivity index (χ3v) is 7.03. The number of rotatable bonds is 6. The van der Waals surface area contributed by atoms with Crippen molar-refractivity contribution in [1.29, 1.82) is 0 Å². The quantitative estimate of drug-likeness (QED) is 0.362. The Morgan fingerprint density at radius 3 is 2.54 bits per heavy atom. The lowest BCUT2D eigenvalue weighted by molar-refractivity contribution is -0.111. The second-order valence-corrected chi connectivity index (χ2v) is 10.0. The van der Waals surface area contributed by atoms with Crippen LogP contribution >= 0.6 is 0 Å². The summed E-state index contributed by atoms with van der Waals surface area (Å²) in [5, 5.41) is 6.28. The van der Waals surface area contributed by atoms with E-state index < -0.39 is 0 Å². The molecule has 1 amide bonds. The molecule has 0 atom stereocenters. The summed E-state index contributed by atoms with van der Waals surface area (Å²) in [4.78, 5) is 31.4. The van der Waals surface area contributed by atoms with Crippen molar-refractivity contribution < 1.29 is 4.79 Å². The second kappa shape index (κ2) is 11.5. The Balaban J connectivity index is 1.36. The minimum atomic E-state index is -0.373. The molecule has 0 unspecified atom stereocenters. The lowest BCUT2D eigenvalue weighted by atomic mass is 10.0. The van der Waals surface area contributed by atoms with E-state index in [1.165, 1.54) is 0 Å². The Kier molecular flexibility index (Phi) is 7.75. The molecule has 2 N–H and O–H groups in total. The van der Waals surface area contributed by atoms with Gasteiger partial charge in [0.1, 0.15) is 0 Å². The van der Waals surface area contributed by atoms with E-state index in [-0.39, 0.29) is 5.91 Å². The highest BCUT2D eigenvalue weighted by Gasteiger charge is 2.24. The summed E-state index contributed by atoms with van der Waals surface area (Å²) < 4.78 is 2.03. The summed E-state index contributed by atoms with van der Waals surface area (Å²) in [6, 6.07) is 15.8. The highest BCUT2D eigenvalue weighted by Crippen LogP contribution is 2.28. The Morgan fingerprint density at radius 1 is 1.08 bits per heavy atom. The van der Waals surface area contributed by atoms with Gasteiger partial charge in [0.2, 0.25) is 5.95 Å². The molecular formula is C30H34N8O. The number of hydrogen-bond acceptors (Lipinski definition) is 7. The number of carbonyl (C=O) groups excluding carboxylic acids is 1. The molecular weight excluding hydrogens is 488 g/mol. The van der Waals surface area contributed by atoms with Crippen molar-refractivity contribution in [3.63, 3.8) is 0 Å².